The van der Waals surface area contributed by atoms with E-state index < -0.39 is 6.43 Å². The monoisotopic (exact) mass is 254 g/mol. The largest absolute Gasteiger partial charge is 0.399 e. The third kappa shape index (κ3) is 2.57. The summed E-state index contributed by atoms with van der Waals surface area (Å²) in [5.74, 6) is 0.578. The maximum atomic E-state index is 12.9. The number of benzene rings is 1. The van der Waals surface area contributed by atoms with Crippen molar-refractivity contribution in [1.82, 2.24) is 0 Å². The van der Waals surface area contributed by atoms with Gasteiger partial charge in [-0.1, -0.05) is 13.8 Å². The van der Waals surface area contributed by atoms with Crippen LogP contribution >= 0.6 is 0 Å². The van der Waals surface area contributed by atoms with Crippen molar-refractivity contribution < 1.29 is 8.78 Å². The summed E-state index contributed by atoms with van der Waals surface area (Å²) >= 11 is 0. The van der Waals surface area contributed by atoms with Gasteiger partial charge in [-0.05, 0) is 42.4 Å². The van der Waals surface area contributed by atoms with E-state index in [0.717, 1.165) is 6.54 Å². The maximum absolute atomic E-state index is 12.9. The van der Waals surface area contributed by atoms with E-state index in [9.17, 15) is 8.78 Å². The number of nitrogens with two attached hydrogens (primary N) is 1. The predicted octanol–water partition coefficient (Wildman–Crippen LogP) is 4.05. The zero-order valence-corrected chi connectivity index (χ0v) is 10.8. The molecule has 18 heavy (non-hydrogen) atoms. The van der Waals surface area contributed by atoms with Crippen molar-refractivity contribution in [3.63, 3.8) is 0 Å². The summed E-state index contributed by atoms with van der Waals surface area (Å²) in [7, 11) is 0. The zero-order chi connectivity index (χ0) is 13.3. The van der Waals surface area contributed by atoms with Gasteiger partial charge in [-0.15, -0.1) is 0 Å². The van der Waals surface area contributed by atoms with E-state index in [1.54, 1.807) is 12.1 Å². The first-order valence-electron chi connectivity index (χ1n) is 6.36. The fourth-order valence-corrected chi connectivity index (χ4v) is 2.31. The van der Waals surface area contributed by atoms with Crippen LogP contribution in [0.25, 0.3) is 0 Å². The molecule has 2 rings (SSSR count). The SMILES string of the molecule is CC(C)C1(CNc2ccc(N)cc2C(F)F)CC1. The second-order valence-corrected chi connectivity index (χ2v) is 5.52. The number of hydrogen-bond acceptors (Lipinski definition) is 2. The van der Waals surface area contributed by atoms with Gasteiger partial charge < -0.3 is 11.1 Å². The molecule has 1 aliphatic rings. The highest BCUT2D eigenvalue weighted by molar-refractivity contribution is 5.58. The van der Waals surface area contributed by atoms with E-state index in [1.165, 1.54) is 18.9 Å². The third-order valence-corrected chi connectivity index (χ3v) is 4.06. The second-order valence-electron chi connectivity index (χ2n) is 5.52. The molecule has 0 unspecified atom stereocenters. The Balaban J connectivity index is 2.10. The van der Waals surface area contributed by atoms with Crippen molar-refractivity contribution in [3.8, 4) is 0 Å². The minimum absolute atomic E-state index is 0.00504. The van der Waals surface area contributed by atoms with Crippen molar-refractivity contribution in [3.05, 3.63) is 23.8 Å². The van der Waals surface area contributed by atoms with Crippen LogP contribution in [0, 0.1) is 11.3 Å². The van der Waals surface area contributed by atoms with Gasteiger partial charge in [-0.3, -0.25) is 0 Å². The standard InChI is InChI=1S/C14H20F2N2/c1-9(2)14(5-6-14)8-18-12-4-3-10(17)7-11(12)13(15)16/h3-4,7,9,13,18H,5-6,8,17H2,1-2H3. The first-order chi connectivity index (χ1) is 8.44. The number of rotatable bonds is 5. The number of hydrogen-bond donors (Lipinski definition) is 2. The average molecular weight is 254 g/mol. The Labute approximate surface area is 107 Å². The van der Waals surface area contributed by atoms with Crippen LogP contribution in [0.15, 0.2) is 18.2 Å². The molecule has 0 heterocycles. The molecule has 1 fully saturated rings. The summed E-state index contributed by atoms with van der Waals surface area (Å²) in [6.45, 7) is 5.13. The van der Waals surface area contributed by atoms with E-state index >= 15 is 0 Å². The molecule has 0 atom stereocenters. The molecule has 1 aromatic carbocycles. The van der Waals surface area contributed by atoms with Crippen LogP contribution in [0.5, 0.6) is 0 Å². The fourth-order valence-electron chi connectivity index (χ4n) is 2.31. The lowest BCUT2D eigenvalue weighted by atomic mass is 9.92. The van der Waals surface area contributed by atoms with Gasteiger partial charge in [0.2, 0.25) is 0 Å². The Morgan fingerprint density at radius 1 is 1.33 bits per heavy atom. The summed E-state index contributed by atoms with van der Waals surface area (Å²) < 4.78 is 25.8. The number of nitrogens with one attached hydrogen (secondary N) is 1. The van der Waals surface area contributed by atoms with Gasteiger partial charge >= 0.3 is 0 Å². The first-order valence-corrected chi connectivity index (χ1v) is 6.36. The minimum atomic E-state index is -2.50. The van der Waals surface area contributed by atoms with E-state index in [2.05, 4.69) is 19.2 Å². The van der Waals surface area contributed by atoms with Gasteiger partial charge in [-0.2, -0.15) is 0 Å². The van der Waals surface area contributed by atoms with E-state index in [-0.39, 0.29) is 5.56 Å². The summed E-state index contributed by atoms with van der Waals surface area (Å²) in [5, 5.41) is 3.17. The molecular formula is C14H20F2N2. The molecule has 1 aromatic rings. The molecule has 0 amide bonds. The number of nitrogen functional groups attached to an aromatic ring is 1. The van der Waals surface area contributed by atoms with Crippen molar-refractivity contribution >= 4 is 11.4 Å². The summed E-state index contributed by atoms with van der Waals surface area (Å²) in [4.78, 5) is 0. The molecule has 1 aliphatic carbocycles. The van der Waals surface area contributed by atoms with Gasteiger partial charge in [0.15, 0.2) is 0 Å². The lowest BCUT2D eigenvalue weighted by molar-refractivity contribution is 0.152. The van der Waals surface area contributed by atoms with Crippen molar-refractivity contribution in [1.29, 1.82) is 0 Å². The van der Waals surface area contributed by atoms with Gasteiger partial charge in [0, 0.05) is 23.5 Å². The molecule has 4 heteroatoms. The summed E-state index contributed by atoms with van der Waals surface area (Å²) in [6, 6.07) is 4.65. The average Bonchev–Trinajstić information content (AvgIpc) is 3.08. The van der Waals surface area contributed by atoms with Crippen LogP contribution in [-0.4, -0.2) is 6.54 Å². The molecule has 0 spiro atoms. The molecule has 0 aliphatic heterocycles. The number of alkyl halides is 2. The van der Waals surface area contributed by atoms with Crippen LogP contribution in [0.3, 0.4) is 0 Å². The Bertz CT molecular complexity index is 426. The topological polar surface area (TPSA) is 38.0 Å². The Morgan fingerprint density at radius 3 is 2.50 bits per heavy atom. The highest BCUT2D eigenvalue weighted by Gasteiger charge is 2.45. The Kier molecular flexibility index (Phi) is 3.46. The van der Waals surface area contributed by atoms with Gasteiger partial charge in [0.1, 0.15) is 0 Å². The normalized spacial score (nSPS) is 17.2. The van der Waals surface area contributed by atoms with Crippen molar-refractivity contribution in [2.24, 2.45) is 11.3 Å². The Morgan fingerprint density at radius 2 is 2.00 bits per heavy atom. The summed E-state index contributed by atoms with van der Waals surface area (Å²) in [5.41, 5.74) is 6.72. The smallest absolute Gasteiger partial charge is 0.265 e. The number of halogens is 2. The zero-order valence-electron chi connectivity index (χ0n) is 10.8. The molecule has 0 bridgehead atoms. The number of anilines is 2. The minimum Gasteiger partial charge on any atom is -0.399 e. The molecule has 100 valence electrons. The van der Waals surface area contributed by atoms with Gasteiger partial charge in [0.05, 0.1) is 0 Å². The molecule has 1 saturated carbocycles. The van der Waals surface area contributed by atoms with Gasteiger partial charge in [0.25, 0.3) is 6.43 Å². The van der Waals surface area contributed by atoms with Crippen LogP contribution < -0.4 is 11.1 Å². The molecular weight excluding hydrogens is 234 g/mol. The van der Waals surface area contributed by atoms with Crippen LogP contribution in [0.2, 0.25) is 0 Å². The fraction of sp³-hybridized carbons (Fsp3) is 0.571. The molecule has 0 saturated heterocycles. The highest BCUT2D eigenvalue weighted by Crippen LogP contribution is 2.51. The second kappa shape index (κ2) is 4.75. The van der Waals surface area contributed by atoms with E-state index in [4.69, 9.17) is 5.73 Å². The lowest BCUT2D eigenvalue weighted by Gasteiger charge is -2.22. The molecule has 3 N–H and O–H groups in total. The molecule has 0 radical (unpaired) electrons. The van der Waals surface area contributed by atoms with E-state index in [0.29, 0.717) is 22.7 Å². The maximum Gasteiger partial charge on any atom is 0.265 e. The Hall–Kier alpha value is -1.32. The first kappa shape index (κ1) is 13.1. The van der Waals surface area contributed by atoms with Crippen LogP contribution in [-0.2, 0) is 0 Å². The lowest BCUT2D eigenvalue weighted by Crippen LogP contribution is -2.21. The molecule has 2 nitrogen and oxygen atoms in total. The summed E-state index contributed by atoms with van der Waals surface area (Å²) in [6.07, 6.45) is -0.141. The quantitative estimate of drug-likeness (QED) is 0.778. The predicted molar refractivity (Wildman–Crippen MR) is 70.8 cm³/mol. The van der Waals surface area contributed by atoms with E-state index in [1.807, 2.05) is 0 Å². The van der Waals surface area contributed by atoms with Crippen LogP contribution in [0.1, 0.15) is 38.7 Å². The highest BCUT2D eigenvalue weighted by atomic mass is 19.3. The van der Waals surface area contributed by atoms with Gasteiger partial charge in [-0.25, -0.2) is 8.78 Å². The van der Waals surface area contributed by atoms with Crippen LogP contribution in [0.4, 0.5) is 20.2 Å². The third-order valence-electron chi connectivity index (χ3n) is 4.06. The van der Waals surface area contributed by atoms with Crippen molar-refractivity contribution in [2.75, 3.05) is 17.6 Å². The molecule has 0 aromatic heterocycles. The van der Waals surface area contributed by atoms with Crippen molar-refractivity contribution in [2.45, 2.75) is 33.1 Å².